The van der Waals surface area contributed by atoms with Crippen LogP contribution in [0.25, 0.3) is 0 Å². The second-order valence-electron chi connectivity index (χ2n) is 4.79. The van der Waals surface area contributed by atoms with Crippen LogP contribution >= 0.6 is 0 Å². The second kappa shape index (κ2) is 6.69. The highest BCUT2D eigenvalue weighted by Crippen LogP contribution is 2.28. The van der Waals surface area contributed by atoms with Gasteiger partial charge in [-0.15, -0.1) is 0 Å². The number of aryl methyl sites for hydroxylation is 1. The third-order valence-electron chi connectivity index (χ3n) is 3.16. The maximum absolute atomic E-state index is 12.1. The summed E-state index contributed by atoms with van der Waals surface area (Å²) in [7, 11) is 1.36. The Balaban J connectivity index is 2.25. The van der Waals surface area contributed by atoms with Crippen LogP contribution in [0.2, 0.25) is 0 Å². The van der Waals surface area contributed by atoms with Crippen LogP contribution in [-0.4, -0.2) is 23.7 Å². The summed E-state index contributed by atoms with van der Waals surface area (Å²) < 4.78 is 5.03. The first-order valence-corrected chi connectivity index (χ1v) is 6.67. The molecule has 2 aromatic rings. The summed E-state index contributed by atoms with van der Waals surface area (Å²) in [5.41, 5.74) is 1.04. The Kier molecular flexibility index (Phi) is 4.70. The van der Waals surface area contributed by atoms with Crippen LogP contribution in [0.5, 0.6) is 5.75 Å². The summed E-state index contributed by atoms with van der Waals surface area (Å²) in [6.45, 7) is 1.86. The van der Waals surface area contributed by atoms with Gasteiger partial charge in [-0.25, -0.2) is 0 Å². The molecule has 2 aromatic carbocycles. The number of rotatable bonds is 5. The molecular formula is C16H14N2O5. The van der Waals surface area contributed by atoms with Crippen LogP contribution in [0.1, 0.15) is 15.9 Å². The Hall–Kier alpha value is -3.22. The number of benzene rings is 2. The van der Waals surface area contributed by atoms with Crippen LogP contribution < -0.4 is 10.1 Å². The van der Waals surface area contributed by atoms with Gasteiger partial charge in [-0.1, -0.05) is 29.8 Å². The number of nitrogens with one attached hydrogen (secondary N) is 1. The number of anilines is 1. The van der Waals surface area contributed by atoms with Crippen molar-refractivity contribution in [2.45, 2.75) is 6.92 Å². The number of ketones is 1. The van der Waals surface area contributed by atoms with Gasteiger partial charge in [0.2, 0.25) is 0 Å². The van der Waals surface area contributed by atoms with Crippen LogP contribution in [0.15, 0.2) is 42.5 Å². The molecule has 1 amide bonds. The number of methoxy groups -OCH3 is 1. The lowest BCUT2D eigenvalue weighted by Gasteiger charge is -2.09. The number of ether oxygens (including phenoxy) is 1. The summed E-state index contributed by atoms with van der Waals surface area (Å²) >= 11 is 0. The molecule has 0 bridgehead atoms. The van der Waals surface area contributed by atoms with Crippen molar-refractivity contribution in [2.75, 3.05) is 12.4 Å². The molecule has 7 heteroatoms. The fourth-order valence-corrected chi connectivity index (χ4v) is 1.92. The molecule has 0 saturated heterocycles. The van der Waals surface area contributed by atoms with E-state index in [9.17, 15) is 19.7 Å². The fourth-order valence-electron chi connectivity index (χ4n) is 1.92. The number of nitro groups is 1. The van der Waals surface area contributed by atoms with Crippen molar-refractivity contribution in [1.29, 1.82) is 0 Å². The first-order valence-electron chi connectivity index (χ1n) is 6.67. The molecule has 0 aliphatic rings. The van der Waals surface area contributed by atoms with Gasteiger partial charge in [0, 0.05) is 17.7 Å². The van der Waals surface area contributed by atoms with Crippen molar-refractivity contribution in [3.63, 3.8) is 0 Å². The van der Waals surface area contributed by atoms with Gasteiger partial charge in [0.1, 0.15) is 5.75 Å². The first-order chi connectivity index (χ1) is 10.9. The summed E-state index contributed by atoms with van der Waals surface area (Å²) in [6.07, 6.45) is 0. The lowest BCUT2D eigenvalue weighted by Crippen LogP contribution is -2.23. The quantitative estimate of drug-likeness (QED) is 0.396. The van der Waals surface area contributed by atoms with Gasteiger partial charge < -0.3 is 10.1 Å². The molecule has 2 rings (SSSR count). The molecule has 118 valence electrons. The van der Waals surface area contributed by atoms with E-state index in [4.69, 9.17) is 4.74 Å². The number of hydrogen-bond acceptors (Lipinski definition) is 5. The molecule has 0 spiro atoms. The van der Waals surface area contributed by atoms with Crippen LogP contribution in [-0.2, 0) is 4.79 Å². The van der Waals surface area contributed by atoms with Gasteiger partial charge in [-0.3, -0.25) is 19.7 Å². The van der Waals surface area contributed by atoms with Gasteiger partial charge in [0.25, 0.3) is 17.4 Å². The molecule has 0 heterocycles. The van der Waals surface area contributed by atoms with Crippen molar-refractivity contribution < 1.29 is 19.2 Å². The minimum atomic E-state index is -0.896. The molecule has 0 aromatic heterocycles. The van der Waals surface area contributed by atoms with Gasteiger partial charge in [-0.2, -0.15) is 0 Å². The summed E-state index contributed by atoms with van der Waals surface area (Å²) in [6, 6.07) is 10.3. The van der Waals surface area contributed by atoms with E-state index < -0.39 is 16.6 Å². The van der Waals surface area contributed by atoms with E-state index >= 15 is 0 Å². The van der Waals surface area contributed by atoms with Crippen molar-refractivity contribution in [2.24, 2.45) is 0 Å². The Morgan fingerprint density at radius 2 is 1.78 bits per heavy atom. The highest BCUT2D eigenvalue weighted by molar-refractivity contribution is 6.46. The highest BCUT2D eigenvalue weighted by Gasteiger charge is 2.19. The fraction of sp³-hybridized carbons (Fsp3) is 0.125. The molecule has 0 unspecified atom stereocenters. The first kappa shape index (κ1) is 16.2. The standard InChI is InChI=1S/C16H14N2O5/c1-10-3-5-11(6-4-10)15(19)16(20)17-13-9-12(18(21)22)7-8-14(13)23-2/h3-9H,1-2H3,(H,17,20). The molecule has 0 atom stereocenters. The Morgan fingerprint density at radius 1 is 1.13 bits per heavy atom. The third kappa shape index (κ3) is 3.70. The number of nitrogens with zero attached hydrogens (tertiary/aromatic N) is 1. The van der Waals surface area contributed by atoms with Crippen LogP contribution in [0, 0.1) is 17.0 Å². The number of hydrogen-bond donors (Lipinski definition) is 1. The van der Waals surface area contributed by atoms with Crippen molar-refractivity contribution in [1.82, 2.24) is 0 Å². The van der Waals surface area contributed by atoms with E-state index in [1.807, 2.05) is 6.92 Å². The minimum Gasteiger partial charge on any atom is -0.495 e. The van der Waals surface area contributed by atoms with E-state index in [1.165, 1.54) is 19.2 Å². The van der Waals surface area contributed by atoms with Crippen molar-refractivity contribution >= 4 is 23.1 Å². The number of Topliss-reactive ketones (excluding diaryl/α,β-unsaturated/α-hetero) is 1. The number of non-ortho nitro benzene ring substituents is 1. The lowest BCUT2D eigenvalue weighted by molar-refractivity contribution is -0.384. The predicted octanol–water partition coefficient (Wildman–Crippen LogP) is 2.73. The second-order valence-corrected chi connectivity index (χ2v) is 4.79. The van der Waals surface area contributed by atoms with E-state index in [0.717, 1.165) is 11.6 Å². The molecule has 0 aliphatic heterocycles. The smallest absolute Gasteiger partial charge is 0.296 e. The highest BCUT2D eigenvalue weighted by atomic mass is 16.6. The predicted molar refractivity (Wildman–Crippen MR) is 83.8 cm³/mol. The SMILES string of the molecule is COc1ccc([N+](=O)[O-])cc1NC(=O)C(=O)c1ccc(C)cc1. The molecule has 0 aliphatic carbocycles. The topological polar surface area (TPSA) is 98.5 Å². The van der Waals surface area contributed by atoms with E-state index in [1.54, 1.807) is 24.3 Å². The molecular weight excluding hydrogens is 300 g/mol. The Bertz CT molecular complexity index is 769. The lowest BCUT2D eigenvalue weighted by atomic mass is 10.1. The van der Waals surface area contributed by atoms with Gasteiger partial charge in [-0.05, 0) is 13.0 Å². The molecule has 1 N–H and O–H groups in total. The maximum Gasteiger partial charge on any atom is 0.296 e. The number of carbonyl (C=O) groups excluding carboxylic acids is 2. The number of nitro benzene ring substituents is 1. The zero-order chi connectivity index (χ0) is 17.0. The summed E-state index contributed by atoms with van der Waals surface area (Å²) in [4.78, 5) is 34.4. The normalized spacial score (nSPS) is 10.0. The van der Waals surface area contributed by atoms with E-state index in [0.29, 0.717) is 0 Å². The maximum atomic E-state index is 12.1. The minimum absolute atomic E-state index is 0.0622. The third-order valence-corrected chi connectivity index (χ3v) is 3.16. The average molecular weight is 314 g/mol. The molecule has 0 radical (unpaired) electrons. The van der Waals surface area contributed by atoms with Gasteiger partial charge >= 0.3 is 0 Å². The van der Waals surface area contributed by atoms with Crippen LogP contribution in [0.3, 0.4) is 0 Å². The van der Waals surface area contributed by atoms with Gasteiger partial charge in [0.15, 0.2) is 0 Å². The molecule has 0 fully saturated rings. The zero-order valence-corrected chi connectivity index (χ0v) is 12.5. The molecule has 0 saturated carbocycles. The average Bonchev–Trinajstić information content (AvgIpc) is 2.54. The van der Waals surface area contributed by atoms with E-state index in [2.05, 4.69) is 5.32 Å². The largest absolute Gasteiger partial charge is 0.495 e. The Labute approximate surface area is 132 Å². The van der Waals surface area contributed by atoms with E-state index in [-0.39, 0.29) is 22.7 Å². The molecule has 23 heavy (non-hydrogen) atoms. The van der Waals surface area contributed by atoms with Crippen LogP contribution in [0.4, 0.5) is 11.4 Å². The monoisotopic (exact) mass is 314 g/mol. The number of amides is 1. The zero-order valence-electron chi connectivity index (χ0n) is 12.5. The summed E-state index contributed by atoms with van der Waals surface area (Å²) in [5.74, 6) is -1.41. The number of carbonyl (C=O) groups is 2. The van der Waals surface area contributed by atoms with Crippen molar-refractivity contribution in [3.05, 3.63) is 63.7 Å². The van der Waals surface area contributed by atoms with Gasteiger partial charge in [0.05, 0.1) is 17.7 Å². The Morgan fingerprint density at radius 3 is 2.35 bits per heavy atom. The molecule has 7 nitrogen and oxygen atoms in total. The van der Waals surface area contributed by atoms with Crippen molar-refractivity contribution in [3.8, 4) is 5.75 Å². The summed E-state index contributed by atoms with van der Waals surface area (Å²) in [5, 5.41) is 13.2.